The second kappa shape index (κ2) is 4.28. The zero-order valence-corrected chi connectivity index (χ0v) is 8.06. The molecule has 1 aromatic heterocycles. The highest BCUT2D eigenvalue weighted by Crippen LogP contribution is 2.18. The highest BCUT2D eigenvalue weighted by atomic mass is 19.1. The summed E-state index contributed by atoms with van der Waals surface area (Å²) in [5, 5.41) is 9.74. The van der Waals surface area contributed by atoms with Gasteiger partial charge in [0.1, 0.15) is 17.7 Å². The van der Waals surface area contributed by atoms with Crippen LogP contribution >= 0.6 is 0 Å². The molecule has 2 rings (SSSR count). The molecule has 0 fully saturated rings. The van der Waals surface area contributed by atoms with Gasteiger partial charge in [-0.3, -0.25) is 0 Å². The number of hydrogen-bond acceptors (Lipinski definition) is 2. The van der Waals surface area contributed by atoms with Crippen molar-refractivity contribution < 1.29 is 13.9 Å². The quantitative estimate of drug-likeness (QED) is 0.837. The average Bonchev–Trinajstić information content (AvgIpc) is 2.74. The van der Waals surface area contributed by atoms with Crippen LogP contribution in [-0.2, 0) is 6.42 Å². The summed E-state index contributed by atoms with van der Waals surface area (Å²) in [6.45, 7) is 0. The number of halogens is 1. The Balaban J connectivity index is 2.06. The first-order chi connectivity index (χ1) is 7.25. The maximum Gasteiger partial charge on any atom is 0.132 e. The van der Waals surface area contributed by atoms with E-state index in [4.69, 9.17) is 4.42 Å². The van der Waals surface area contributed by atoms with Crippen molar-refractivity contribution in [2.24, 2.45) is 0 Å². The minimum atomic E-state index is -0.675. The van der Waals surface area contributed by atoms with Crippen LogP contribution in [0.1, 0.15) is 17.4 Å². The molecule has 1 N–H and O–H groups in total. The molecule has 1 aromatic carbocycles. The number of benzene rings is 1. The normalized spacial score (nSPS) is 12.7. The van der Waals surface area contributed by atoms with Crippen molar-refractivity contribution in [3.8, 4) is 0 Å². The Kier molecular flexibility index (Phi) is 2.83. The van der Waals surface area contributed by atoms with Crippen molar-refractivity contribution in [3.05, 3.63) is 59.8 Å². The Morgan fingerprint density at radius 2 is 1.93 bits per heavy atom. The number of rotatable bonds is 3. The molecule has 0 aliphatic heterocycles. The van der Waals surface area contributed by atoms with Crippen molar-refractivity contribution in [3.63, 3.8) is 0 Å². The fourth-order valence-electron chi connectivity index (χ4n) is 1.43. The van der Waals surface area contributed by atoms with E-state index >= 15 is 0 Å². The monoisotopic (exact) mass is 206 g/mol. The fraction of sp³-hybridized carbons (Fsp3) is 0.167. The lowest BCUT2D eigenvalue weighted by molar-refractivity contribution is 0.150. The molecular formula is C12H11FO2. The van der Waals surface area contributed by atoms with E-state index in [1.165, 1.54) is 18.4 Å². The Morgan fingerprint density at radius 3 is 2.53 bits per heavy atom. The fourth-order valence-corrected chi connectivity index (χ4v) is 1.43. The number of furan rings is 1. The molecule has 1 atom stereocenters. The van der Waals surface area contributed by atoms with E-state index in [9.17, 15) is 9.50 Å². The topological polar surface area (TPSA) is 33.4 Å². The molecule has 0 spiro atoms. The van der Waals surface area contributed by atoms with Crippen LogP contribution in [0.3, 0.4) is 0 Å². The van der Waals surface area contributed by atoms with E-state index in [0.717, 1.165) is 5.56 Å². The van der Waals surface area contributed by atoms with Crippen molar-refractivity contribution >= 4 is 0 Å². The van der Waals surface area contributed by atoms with E-state index in [1.54, 1.807) is 24.3 Å². The largest absolute Gasteiger partial charge is 0.467 e. The van der Waals surface area contributed by atoms with Crippen molar-refractivity contribution in [1.29, 1.82) is 0 Å². The molecule has 1 heterocycles. The van der Waals surface area contributed by atoms with E-state index in [0.29, 0.717) is 12.2 Å². The molecule has 0 radical (unpaired) electrons. The van der Waals surface area contributed by atoms with Gasteiger partial charge in [0.05, 0.1) is 6.26 Å². The van der Waals surface area contributed by atoms with E-state index in [1.807, 2.05) is 0 Å². The molecule has 0 aliphatic carbocycles. The predicted octanol–water partition coefficient (Wildman–Crippen LogP) is 2.69. The van der Waals surface area contributed by atoms with Crippen LogP contribution in [-0.4, -0.2) is 5.11 Å². The molecular weight excluding hydrogens is 195 g/mol. The minimum absolute atomic E-state index is 0.272. The molecule has 3 heteroatoms. The molecule has 0 amide bonds. The maximum atomic E-state index is 12.6. The van der Waals surface area contributed by atoms with E-state index < -0.39 is 6.10 Å². The number of hydrogen-bond donors (Lipinski definition) is 1. The van der Waals surface area contributed by atoms with Gasteiger partial charge in [0.2, 0.25) is 0 Å². The Hall–Kier alpha value is -1.61. The van der Waals surface area contributed by atoms with Gasteiger partial charge in [-0.05, 0) is 29.8 Å². The second-order valence-electron chi connectivity index (χ2n) is 3.36. The minimum Gasteiger partial charge on any atom is -0.467 e. The summed E-state index contributed by atoms with van der Waals surface area (Å²) in [5.74, 6) is 0.255. The van der Waals surface area contributed by atoms with Crippen LogP contribution in [0.5, 0.6) is 0 Å². The predicted molar refractivity (Wildman–Crippen MR) is 53.8 cm³/mol. The van der Waals surface area contributed by atoms with Crippen LogP contribution in [0.4, 0.5) is 4.39 Å². The molecule has 2 aromatic rings. The Morgan fingerprint density at radius 1 is 1.20 bits per heavy atom. The standard InChI is InChI=1S/C12H11FO2/c13-10-5-3-9(4-6-10)8-11(14)12-2-1-7-15-12/h1-7,11,14H,8H2. The molecule has 0 bridgehead atoms. The molecule has 0 saturated carbocycles. The van der Waals surface area contributed by atoms with Gasteiger partial charge in [0, 0.05) is 6.42 Å². The summed E-state index contributed by atoms with van der Waals surface area (Å²) in [5.41, 5.74) is 0.875. The van der Waals surface area contributed by atoms with Crippen molar-refractivity contribution in [2.45, 2.75) is 12.5 Å². The van der Waals surface area contributed by atoms with Gasteiger partial charge in [0.15, 0.2) is 0 Å². The first-order valence-electron chi connectivity index (χ1n) is 4.71. The van der Waals surface area contributed by atoms with Crippen molar-refractivity contribution in [1.82, 2.24) is 0 Å². The Labute approximate surface area is 87.0 Å². The highest BCUT2D eigenvalue weighted by Gasteiger charge is 2.10. The first-order valence-corrected chi connectivity index (χ1v) is 4.71. The molecule has 0 aliphatic rings. The van der Waals surface area contributed by atoms with Gasteiger partial charge >= 0.3 is 0 Å². The summed E-state index contributed by atoms with van der Waals surface area (Å²) >= 11 is 0. The van der Waals surface area contributed by atoms with Crippen LogP contribution in [0, 0.1) is 5.82 Å². The molecule has 2 nitrogen and oxygen atoms in total. The molecule has 78 valence electrons. The summed E-state index contributed by atoms with van der Waals surface area (Å²) in [7, 11) is 0. The molecule has 1 unspecified atom stereocenters. The van der Waals surface area contributed by atoms with Crippen LogP contribution in [0.15, 0.2) is 47.1 Å². The van der Waals surface area contributed by atoms with Crippen LogP contribution in [0.2, 0.25) is 0 Å². The summed E-state index contributed by atoms with van der Waals surface area (Å²) in [6.07, 6.45) is 1.27. The third-order valence-corrected chi connectivity index (χ3v) is 2.21. The van der Waals surface area contributed by atoms with E-state index in [2.05, 4.69) is 0 Å². The van der Waals surface area contributed by atoms with Crippen molar-refractivity contribution in [2.75, 3.05) is 0 Å². The lowest BCUT2D eigenvalue weighted by Gasteiger charge is -2.07. The number of aliphatic hydroxyl groups is 1. The highest BCUT2D eigenvalue weighted by molar-refractivity contribution is 5.18. The summed E-state index contributed by atoms with van der Waals surface area (Å²) in [4.78, 5) is 0. The summed E-state index contributed by atoms with van der Waals surface area (Å²) in [6, 6.07) is 9.51. The average molecular weight is 206 g/mol. The van der Waals surface area contributed by atoms with Gasteiger partial charge in [-0.1, -0.05) is 12.1 Å². The zero-order valence-electron chi connectivity index (χ0n) is 8.06. The summed E-state index contributed by atoms with van der Waals surface area (Å²) < 4.78 is 17.7. The lowest BCUT2D eigenvalue weighted by atomic mass is 10.1. The first kappa shape index (κ1) is 9.93. The lowest BCUT2D eigenvalue weighted by Crippen LogP contribution is -2.00. The third kappa shape index (κ3) is 2.44. The van der Waals surface area contributed by atoms with Gasteiger partial charge in [-0.25, -0.2) is 4.39 Å². The SMILES string of the molecule is OC(Cc1ccc(F)cc1)c1ccco1. The van der Waals surface area contributed by atoms with E-state index in [-0.39, 0.29) is 5.82 Å². The molecule has 15 heavy (non-hydrogen) atoms. The van der Waals surface area contributed by atoms with Crippen LogP contribution in [0.25, 0.3) is 0 Å². The van der Waals surface area contributed by atoms with Gasteiger partial charge in [0.25, 0.3) is 0 Å². The number of aliphatic hydroxyl groups excluding tert-OH is 1. The Bertz CT molecular complexity index is 406. The van der Waals surface area contributed by atoms with Gasteiger partial charge in [-0.2, -0.15) is 0 Å². The van der Waals surface area contributed by atoms with Gasteiger partial charge in [-0.15, -0.1) is 0 Å². The molecule has 0 saturated heterocycles. The third-order valence-electron chi connectivity index (χ3n) is 2.21. The maximum absolute atomic E-state index is 12.6. The smallest absolute Gasteiger partial charge is 0.132 e. The second-order valence-corrected chi connectivity index (χ2v) is 3.36. The van der Waals surface area contributed by atoms with Gasteiger partial charge < -0.3 is 9.52 Å². The zero-order chi connectivity index (χ0) is 10.7. The van der Waals surface area contributed by atoms with Crippen LogP contribution < -0.4 is 0 Å².